The van der Waals surface area contributed by atoms with E-state index in [0.717, 1.165) is 50.5 Å². The first-order valence-electron chi connectivity index (χ1n) is 12.6. The summed E-state index contributed by atoms with van der Waals surface area (Å²) in [7, 11) is 1.68. The molecule has 2 amide bonds. The molecule has 2 aliphatic heterocycles. The number of carbonyl (C=O) groups is 2. The number of ether oxygens (including phenoxy) is 1. The van der Waals surface area contributed by atoms with Crippen LogP contribution in [-0.2, 0) is 22.7 Å². The van der Waals surface area contributed by atoms with Gasteiger partial charge in [-0.2, -0.15) is 0 Å². The molecule has 2 saturated heterocycles. The van der Waals surface area contributed by atoms with Gasteiger partial charge in [-0.15, -0.1) is 0 Å². The standard InChI is InChI=1S/C28H38N4O3/c1-21-8-10-23(11-9-21)18-31(19-24-6-4-7-26(16-24)35-3)25-17-27(32(20-25)22(2)33)28(34)30-14-5-12-29-13-15-30/h4,6-11,16,25,27,29H,5,12-15,17-20H2,1-3H3. The highest BCUT2D eigenvalue weighted by molar-refractivity contribution is 5.87. The number of hydrogen-bond donors (Lipinski definition) is 1. The topological polar surface area (TPSA) is 65.1 Å². The number of nitrogens with zero attached hydrogens (tertiary/aromatic N) is 3. The molecule has 2 atom stereocenters. The lowest BCUT2D eigenvalue weighted by molar-refractivity contribution is -0.142. The second-order valence-electron chi connectivity index (χ2n) is 9.75. The summed E-state index contributed by atoms with van der Waals surface area (Å²) < 4.78 is 5.44. The van der Waals surface area contributed by atoms with Gasteiger partial charge < -0.3 is 19.9 Å². The highest BCUT2D eigenvalue weighted by Gasteiger charge is 2.42. The van der Waals surface area contributed by atoms with Gasteiger partial charge in [-0.05, 0) is 49.6 Å². The molecule has 2 heterocycles. The van der Waals surface area contributed by atoms with Gasteiger partial charge in [0.1, 0.15) is 11.8 Å². The molecule has 1 N–H and O–H groups in total. The molecule has 7 heteroatoms. The predicted molar refractivity (Wildman–Crippen MR) is 137 cm³/mol. The first-order valence-corrected chi connectivity index (χ1v) is 12.6. The van der Waals surface area contributed by atoms with Gasteiger partial charge in [0.05, 0.1) is 7.11 Å². The Morgan fingerprint density at radius 1 is 1.06 bits per heavy atom. The second kappa shape index (κ2) is 11.7. The van der Waals surface area contributed by atoms with E-state index in [1.165, 1.54) is 11.1 Å². The molecule has 0 radical (unpaired) electrons. The Hall–Kier alpha value is -2.90. The normalized spacial score (nSPS) is 20.7. The van der Waals surface area contributed by atoms with E-state index in [0.29, 0.717) is 19.5 Å². The van der Waals surface area contributed by atoms with Crippen LogP contribution in [0.1, 0.15) is 36.5 Å². The molecular formula is C28H38N4O3. The van der Waals surface area contributed by atoms with Crippen LogP contribution in [0.4, 0.5) is 0 Å². The second-order valence-corrected chi connectivity index (χ2v) is 9.75. The van der Waals surface area contributed by atoms with Crippen LogP contribution in [0.25, 0.3) is 0 Å². The molecular weight excluding hydrogens is 440 g/mol. The number of nitrogens with one attached hydrogen (secondary N) is 1. The summed E-state index contributed by atoms with van der Waals surface area (Å²) >= 11 is 0. The van der Waals surface area contributed by atoms with Gasteiger partial charge >= 0.3 is 0 Å². The Morgan fingerprint density at radius 3 is 2.57 bits per heavy atom. The number of likely N-dealkylation sites (tertiary alicyclic amines) is 1. The first kappa shape index (κ1) is 25.2. The molecule has 0 aromatic heterocycles. The van der Waals surface area contributed by atoms with Crippen LogP contribution in [0.2, 0.25) is 0 Å². The van der Waals surface area contributed by atoms with E-state index in [9.17, 15) is 9.59 Å². The van der Waals surface area contributed by atoms with Crippen molar-refractivity contribution >= 4 is 11.8 Å². The summed E-state index contributed by atoms with van der Waals surface area (Å²) in [5.41, 5.74) is 3.61. The van der Waals surface area contributed by atoms with Crippen molar-refractivity contribution < 1.29 is 14.3 Å². The van der Waals surface area contributed by atoms with Crippen molar-refractivity contribution in [2.24, 2.45) is 0 Å². The number of rotatable bonds is 7. The van der Waals surface area contributed by atoms with Gasteiger partial charge in [0.15, 0.2) is 0 Å². The fraction of sp³-hybridized carbons (Fsp3) is 0.500. The summed E-state index contributed by atoms with van der Waals surface area (Å²) in [6.07, 6.45) is 1.59. The average molecular weight is 479 g/mol. The van der Waals surface area contributed by atoms with Crippen molar-refractivity contribution in [2.45, 2.75) is 51.9 Å². The fourth-order valence-electron chi connectivity index (χ4n) is 5.18. The molecule has 2 aromatic rings. The summed E-state index contributed by atoms with van der Waals surface area (Å²) in [5.74, 6) is 0.885. The zero-order chi connectivity index (χ0) is 24.8. The van der Waals surface area contributed by atoms with Crippen LogP contribution in [0, 0.1) is 6.92 Å². The van der Waals surface area contributed by atoms with Crippen molar-refractivity contribution in [3.05, 3.63) is 65.2 Å². The molecule has 0 spiro atoms. The van der Waals surface area contributed by atoms with E-state index in [-0.39, 0.29) is 17.9 Å². The monoisotopic (exact) mass is 478 g/mol. The fourth-order valence-corrected chi connectivity index (χ4v) is 5.18. The first-order chi connectivity index (χ1) is 16.9. The number of methoxy groups -OCH3 is 1. The van der Waals surface area contributed by atoms with Crippen LogP contribution < -0.4 is 10.1 Å². The third kappa shape index (κ3) is 6.41. The number of carbonyl (C=O) groups excluding carboxylic acids is 2. The Labute approximate surface area is 209 Å². The van der Waals surface area contributed by atoms with Crippen LogP contribution in [0.5, 0.6) is 5.75 Å². The number of aryl methyl sites for hydroxylation is 1. The van der Waals surface area contributed by atoms with E-state index < -0.39 is 6.04 Å². The Morgan fingerprint density at radius 2 is 1.83 bits per heavy atom. The molecule has 188 valence electrons. The van der Waals surface area contributed by atoms with E-state index >= 15 is 0 Å². The third-order valence-electron chi connectivity index (χ3n) is 7.16. The Balaban J connectivity index is 1.57. The zero-order valence-corrected chi connectivity index (χ0v) is 21.2. The van der Waals surface area contributed by atoms with Crippen LogP contribution in [-0.4, -0.2) is 78.4 Å². The lowest BCUT2D eigenvalue weighted by Crippen LogP contribution is -2.48. The molecule has 2 fully saturated rings. The minimum absolute atomic E-state index is 0.0320. The number of amides is 2. The van der Waals surface area contributed by atoms with Gasteiger partial charge in [-0.25, -0.2) is 0 Å². The largest absolute Gasteiger partial charge is 0.497 e. The molecule has 2 aromatic carbocycles. The van der Waals surface area contributed by atoms with Crippen LogP contribution in [0.3, 0.4) is 0 Å². The lowest BCUT2D eigenvalue weighted by Gasteiger charge is -2.29. The summed E-state index contributed by atoms with van der Waals surface area (Å²) in [5, 5.41) is 3.36. The maximum atomic E-state index is 13.5. The minimum Gasteiger partial charge on any atom is -0.497 e. The highest BCUT2D eigenvalue weighted by Crippen LogP contribution is 2.28. The van der Waals surface area contributed by atoms with Gasteiger partial charge in [0, 0.05) is 52.2 Å². The SMILES string of the molecule is COc1cccc(CN(Cc2ccc(C)cc2)C2CC(C(=O)N3CCCNCC3)N(C(C)=O)C2)c1. The van der Waals surface area contributed by atoms with Gasteiger partial charge in [0.25, 0.3) is 0 Å². The maximum absolute atomic E-state index is 13.5. The molecule has 2 unspecified atom stereocenters. The zero-order valence-electron chi connectivity index (χ0n) is 21.2. The van der Waals surface area contributed by atoms with Crippen LogP contribution >= 0.6 is 0 Å². The van der Waals surface area contributed by atoms with Crippen molar-refractivity contribution in [1.29, 1.82) is 0 Å². The Bertz CT molecular complexity index is 1000. The third-order valence-corrected chi connectivity index (χ3v) is 7.16. The van der Waals surface area contributed by atoms with Crippen LogP contribution in [0.15, 0.2) is 48.5 Å². The van der Waals surface area contributed by atoms with Crippen molar-refractivity contribution in [3.63, 3.8) is 0 Å². The van der Waals surface area contributed by atoms with E-state index in [2.05, 4.69) is 53.5 Å². The molecule has 4 rings (SSSR count). The molecule has 0 saturated carbocycles. The number of benzene rings is 2. The number of hydrogen-bond acceptors (Lipinski definition) is 5. The maximum Gasteiger partial charge on any atom is 0.245 e. The molecule has 7 nitrogen and oxygen atoms in total. The van der Waals surface area contributed by atoms with Gasteiger partial charge in [-0.1, -0.05) is 42.0 Å². The smallest absolute Gasteiger partial charge is 0.245 e. The van der Waals surface area contributed by atoms with Crippen molar-refractivity contribution in [3.8, 4) is 5.75 Å². The molecule has 0 aliphatic carbocycles. The molecule has 0 bridgehead atoms. The molecule has 35 heavy (non-hydrogen) atoms. The van der Waals surface area contributed by atoms with Crippen molar-refractivity contribution in [2.75, 3.05) is 39.8 Å². The summed E-state index contributed by atoms with van der Waals surface area (Å²) in [4.78, 5) is 32.3. The summed E-state index contributed by atoms with van der Waals surface area (Å²) in [6, 6.07) is 16.4. The minimum atomic E-state index is -0.401. The average Bonchev–Trinajstić information content (AvgIpc) is 3.13. The van der Waals surface area contributed by atoms with E-state index in [1.807, 2.05) is 17.0 Å². The lowest BCUT2D eigenvalue weighted by atomic mass is 10.1. The van der Waals surface area contributed by atoms with E-state index in [1.54, 1.807) is 18.9 Å². The summed E-state index contributed by atoms with van der Waals surface area (Å²) in [6.45, 7) is 8.88. The Kier molecular flexibility index (Phi) is 8.42. The highest BCUT2D eigenvalue weighted by atomic mass is 16.5. The quantitative estimate of drug-likeness (QED) is 0.663. The van der Waals surface area contributed by atoms with E-state index in [4.69, 9.17) is 4.74 Å². The van der Waals surface area contributed by atoms with Gasteiger partial charge in [-0.3, -0.25) is 14.5 Å². The molecule has 2 aliphatic rings. The van der Waals surface area contributed by atoms with Gasteiger partial charge in [0.2, 0.25) is 11.8 Å². The predicted octanol–water partition coefficient (Wildman–Crippen LogP) is 2.82. The van der Waals surface area contributed by atoms with Crippen molar-refractivity contribution in [1.82, 2.24) is 20.0 Å².